The van der Waals surface area contributed by atoms with Gasteiger partial charge in [-0.2, -0.15) is 0 Å². The van der Waals surface area contributed by atoms with Crippen LogP contribution in [0.5, 0.6) is 5.75 Å². The first kappa shape index (κ1) is 34.3. The van der Waals surface area contributed by atoms with Crippen LogP contribution < -0.4 is 4.74 Å². The topological polar surface area (TPSA) is 26.3 Å². The van der Waals surface area contributed by atoms with Crippen LogP contribution in [-0.2, 0) is 6.42 Å². The number of rotatable bonds is 18. The summed E-state index contributed by atoms with van der Waals surface area (Å²) < 4.78 is 5.71. The molecule has 1 aliphatic carbocycles. The molecule has 0 bridgehead atoms. The third-order valence-corrected chi connectivity index (χ3v) is 9.99. The molecule has 0 aromatic heterocycles. The molecular weight excluding hydrogens is 560 g/mol. The summed E-state index contributed by atoms with van der Waals surface area (Å²) in [6.07, 6.45) is 23.7. The van der Waals surface area contributed by atoms with E-state index in [9.17, 15) is 4.79 Å². The Balaban J connectivity index is 1.21. The Bertz CT molecular complexity index is 1240. The Morgan fingerprint density at radius 3 is 1.86 bits per heavy atom. The summed E-state index contributed by atoms with van der Waals surface area (Å²) in [7, 11) is 0. The summed E-state index contributed by atoms with van der Waals surface area (Å²) in [4.78, 5) is 13.0. The number of esters is 1. The van der Waals surface area contributed by atoms with Crippen molar-refractivity contribution in [3.63, 3.8) is 0 Å². The summed E-state index contributed by atoms with van der Waals surface area (Å²) in [5, 5.41) is 0.689. The fourth-order valence-electron chi connectivity index (χ4n) is 6.82. The smallest absolute Gasteiger partial charge is 0.343 e. The zero-order valence-electron chi connectivity index (χ0n) is 27.4. The van der Waals surface area contributed by atoms with Crippen molar-refractivity contribution in [3.8, 4) is 16.9 Å². The van der Waals surface area contributed by atoms with Crippen LogP contribution in [0.2, 0.25) is 5.02 Å². The minimum absolute atomic E-state index is 0.368. The van der Waals surface area contributed by atoms with Gasteiger partial charge in [-0.05, 0) is 96.9 Å². The molecule has 3 aromatic rings. The summed E-state index contributed by atoms with van der Waals surface area (Å²) in [6.45, 7) is 4.54. The molecule has 0 N–H and O–H groups in total. The van der Waals surface area contributed by atoms with Crippen LogP contribution in [0.1, 0.15) is 150 Å². The van der Waals surface area contributed by atoms with Crippen LogP contribution in [0.25, 0.3) is 11.1 Å². The minimum Gasteiger partial charge on any atom is -0.423 e. The van der Waals surface area contributed by atoms with E-state index in [2.05, 4.69) is 44.2 Å². The van der Waals surface area contributed by atoms with Crippen molar-refractivity contribution in [1.82, 2.24) is 0 Å². The van der Waals surface area contributed by atoms with E-state index in [-0.39, 0.29) is 5.97 Å². The van der Waals surface area contributed by atoms with Crippen molar-refractivity contribution < 1.29 is 9.53 Å². The fraction of sp³-hybridized carbons (Fsp3) is 0.537. The van der Waals surface area contributed by atoms with Gasteiger partial charge in [0.25, 0.3) is 0 Å². The first-order valence-corrected chi connectivity index (χ1v) is 18.2. The van der Waals surface area contributed by atoms with E-state index >= 15 is 0 Å². The Morgan fingerprint density at radius 1 is 0.682 bits per heavy atom. The van der Waals surface area contributed by atoms with Gasteiger partial charge in [0.2, 0.25) is 0 Å². The Labute approximate surface area is 273 Å². The monoisotopic (exact) mass is 614 g/mol. The second kappa shape index (κ2) is 19.1. The molecule has 0 atom stereocenters. The largest absolute Gasteiger partial charge is 0.423 e. The van der Waals surface area contributed by atoms with Crippen LogP contribution in [0.3, 0.4) is 0 Å². The molecule has 238 valence electrons. The minimum atomic E-state index is -0.368. The van der Waals surface area contributed by atoms with Gasteiger partial charge < -0.3 is 4.74 Å². The first-order chi connectivity index (χ1) is 21.6. The SMILES string of the molecule is CCCCCCCCc1ccc(-c2ccc(OC(=O)c3ccc(C4CCC(CCCCCCCC)CC4)c(Cl)c3)cc2)cc1. The average Bonchev–Trinajstić information content (AvgIpc) is 3.05. The van der Waals surface area contributed by atoms with Gasteiger partial charge in [0.15, 0.2) is 0 Å². The van der Waals surface area contributed by atoms with E-state index in [0.29, 0.717) is 22.3 Å². The predicted molar refractivity (Wildman–Crippen MR) is 188 cm³/mol. The molecule has 4 rings (SSSR count). The molecule has 0 spiro atoms. The maximum atomic E-state index is 13.0. The lowest BCUT2D eigenvalue weighted by Crippen LogP contribution is -2.14. The molecule has 0 saturated heterocycles. The zero-order valence-corrected chi connectivity index (χ0v) is 28.2. The molecule has 0 heterocycles. The van der Waals surface area contributed by atoms with Crippen LogP contribution in [0.4, 0.5) is 0 Å². The van der Waals surface area contributed by atoms with Gasteiger partial charge in [-0.25, -0.2) is 4.79 Å². The van der Waals surface area contributed by atoms with Crippen molar-refractivity contribution in [2.75, 3.05) is 0 Å². The van der Waals surface area contributed by atoms with Gasteiger partial charge in [0.1, 0.15) is 5.75 Å². The molecule has 44 heavy (non-hydrogen) atoms. The molecular formula is C41H55ClO2. The number of halogens is 1. The lowest BCUT2D eigenvalue weighted by atomic mass is 9.77. The first-order valence-electron chi connectivity index (χ1n) is 17.8. The molecule has 1 fully saturated rings. The number of unbranched alkanes of at least 4 members (excludes halogenated alkanes) is 10. The summed E-state index contributed by atoms with van der Waals surface area (Å²) in [5.41, 5.74) is 5.37. The van der Waals surface area contributed by atoms with Crippen LogP contribution in [0.15, 0.2) is 66.7 Å². The Hall–Kier alpha value is -2.58. The normalized spacial score (nSPS) is 16.6. The van der Waals surface area contributed by atoms with Gasteiger partial charge in [-0.15, -0.1) is 0 Å². The standard InChI is InChI=1S/C41H55ClO2/c1-3-5-7-9-11-13-15-32-17-21-34(22-18-32)35-25-28-38(29-26-35)44-41(43)37-27-30-39(40(42)31-37)36-23-19-33(20-24-36)16-14-12-10-8-6-4-2/h17-18,21-22,25-31,33,36H,3-16,19-20,23-24H2,1-2H3. The molecule has 0 radical (unpaired) electrons. The number of carbonyl (C=O) groups is 1. The predicted octanol–water partition coefficient (Wildman–Crippen LogP) is 13.2. The third kappa shape index (κ3) is 11.1. The highest BCUT2D eigenvalue weighted by Crippen LogP contribution is 2.40. The van der Waals surface area contributed by atoms with Crippen molar-refractivity contribution in [3.05, 3.63) is 88.4 Å². The van der Waals surface area contributed by atoms with E-state index in [1.165, 1.54) is 126 Å². The quantitative estimate of drug-likeness (QED) is 0.0809. The van der Waals surface area contributed by atoms with Crippen molar-refractivity contribution in [1.29, 1.82) is 0 Å². The Kier molecular flexibility index (Phi) is 14.8. The molecule has 3 aromatic carbocycles. The lowest BCUT2D eigenvalue weighted by Gasteiger charge is -2.29. The molecule has 3 heteroatoms. The Morgan fingerprint density at radius 2 is 1.25 bits per heavy atom. The molecule has 2 nitrogen and oxygen atoms in total. The molecule has 0 amide bonds. The number of aryl methyl sites for hydroxylation is 1. The third-order valence-electron chi connectivity index (χ3n) is 9.66. The van der Waals surface area contributed by atoms with Gasteiger partial charge in [-0.1, -0.05) is 145 Å². The summed E-state index contributed by atoms with van der Waals surface area (Å²) in [6, 6.07) is 22.4. The second-order valence-electron chi connectivity index (χ2n) is 13.1. The van der Waals surface area contributed by atoms with Crippen LogP contribution in [-0.4, -0.2) is 5.97 Å². The number of carbonyl (C=O) groups excluding carboxylic acids is 1. The van der Waals surface area contributed by atoms with Crippen molar-refractivity contribution >= 4 is 17.6 Å². The highest BCUT2D eigenvalue weighted by molar-refractivity contribution is 6.31. The van der Waals surface area contributed by atoms with E-state index in [0.717, 1.165) is 17.9 Å². The van der Waals surface area contributed by atoms with Crippen molar-refractivity contribution in [2.24, 2.45) is 5.92 Å². The highest BCUT2D eigenvalue weighted by atomic mass is 35.5. The van der Waals surface area contributed by atoms with Crippen LogP contribution in [0, 0.1) is 5.92 Å². The van der Waals surface area contributed by atoms with E-state index in [4.69, 9.17) is 16.3 Å². The number of hydrogen-bond acceptors (Lipinski definition) is 2. The average molecular weight is 615 g/mol. The number of hydrogen-bond donors (Lipinski definition) is 0. The molecule has 1 aliphatic rings. The second-order valence-corrected chi connectivity index (χ2v) is 13.5. The van der Waals surface area contributed by atoms with Crippen molar-refractivity contribution in [2.45, 2.75) is 135 Å². The highest BCUT2D eigenvalue weighted by Gasteiger charge is 2.24. The van der Waals surface area contributed by atoms with Gasteiger partial charge in [-0.3, -0.25) is 0 Å². The van der Waals surface area contributed by atoms with Gasteiger partial charge in [0.05, 0.1) is 5.56 Å². The van der Waals surface area contributed by atoms with E-state index in [1.807, 2.05) is 30.3 Å². The van der Waals surface area contributed by atoms with Gasteiger partial charge in [0, 0.05) is 5.02 Å². The molecule has 0 aliphatic heterocycles. The number of benzene rings is 3. The van der Waals surface area contributed by atoms with E-state index in [1.54, 1.807) is 6.07 Å². The lowest BCUT2D eigenvalue weighted by molar-refractivity contribution is 0.0734. The van der Waals surface area contributed by atoms with E-state index < -0.39 is 0 Å². The number of ether oxygens (including phenoxy) is 1. The van der Waals surface area contributed by atoms with Crippen LogP contribution >= 0.6 is 11.6 Å². The zero-order chi connectivity index (χ0) is 31.0. The summed E-state index contributed by atoms with van der Waals surface area (Å²) in [5.74, 6) is 1.53. The summed E-state index contributed by atoms with van der Waals surface area (Å²) >= 11 is 6.74. The maximum absolute atomic E-state index is 13.0. The molecule has 0 unspecified atom stereocenters. The maximum Gasteiger partial charge on any atom is 0.343 e. The molecule has 1 saturated carbocycles. The fourth-order valence-corrected chi connectivity index (χ4v) is 7.15. The van der Waals surface area contributed by atoms with Gasteiger partial charge >= 0.3 is 5.97 Å².